The summed E-state index contributed by atoms with van der Waals surface area (Å²) in [5.41, 5.74) is 11.2. The van der Waals surface area contributed by atoms with Gasteiger partial charge < -0.3 is 11.5 Å². The topological polar surface area (TPSA) is 52.0 Å². The minimum Gasteiger partial charge on any atom is -0.330 e. The molecule has 0 aliphatic rings. The Balaban J connectivity index is 3.76. The lowest BCUT2D eigenvalue weighted by Gasteiger charge is -2.21. The predicted molar refractivity (Wildman–Crippen MR) is 64.1 cm³/mol. The molecule has 0 saturated heterocycles. The van der Waals surface area contributed by atoms with E-state index in [0.717, 1.165) is 43.7 Å². The van der Waals surface area contributed by atoms with E-state index in [1.165, 1.54) is 12.8 Å². The van der Waals surface area contributed by atoms with Crippen molar-refractivity contribution in [1.82, 2.24) is 0 Å². The van der Waals surface area contributed by atoms with Crippen LogP contribution in [0.15, 0.2) is 0 Å². The number of hydrogen-bond donors (Lipinski definition) is 2. The monoisotopic (exact) mass is 200 g/mol. The minimum atomic E-state index is 0.749. The van der Waals surface area contributed by atoms with Crippen LogP contribution in [-0.2, 0) is 0 Å². The highest BCUT2D eigenvalue weighted by atomic mass is 14.5. The van der Waals surface area contributed by atoms with Gasteiger partial charge in [-0.3, -0.25) is 0 Å². The molecule has 2 nitrogen and oxygen atoms in total. The third-order valence-corrected chi connectivity index (χ3v) is 2.76. The minimum absolute atomic E-state index is 0.749. The van der Waals surface area contributed by atoms with E-state index in [1.807, 2.05) is 0 Å². The van der Waals surface area contributed by atoms with E-state index in [0.29, 0.717) is 0 Å². The summed E-state index contributed by atoms with van der Waals surface area (Å²) in [5, 5.41) is 0. The number of rotatable bonds is 8. The van der Waals surface area contributed by atoms with Gasteiger partial charge >= 0.3 is 0 Å². The predicted octanol–water partition coefficient (Wildman–Crippen LogP) is 2.37. The fourth-order valence-corrected chi connectivity index (χ4v) is 2.32. The van der Waals surface area contributed by atoms with Gasteiger partial charge in [0.2, 0.25) is 0 Å². The second-order valence-corrected chi connectivity index (χ2v) is 4.99. The van der Waals surface area contributed by atoms with E-state index >= 15 is 0 Å². The zero-order valence-electron chi connectivity index (χ0n) is 10.1. The second-order valence-electron chi connectivity index (χ2n) is 4.99. The molecule has 0 aromatic rings. The van der Waals surface area contributed by atoms with Crippen molar-refractivity contribution in [2.24, 2.45) is 29.2 Å². The lowest BCUT2D eigenvalue weighted by Crippen LogP contribution is -2.16. The summed E-state index contributed by atoms with van der Waals surface area (Å²) >= 11 is 0. The Morgan fingerprint density at radius 3 is 1.71 bits per heavy atom. The fourth-order valence-electron chi connectivity index (χ4n) is 2.32. The Bertz CT molecular complexity index is 117. The van der Waals surface area contributed by atoms with Crippen LogP contribution >= 0.6 is 0 Å². The number of nitrogens with two attached hydrogens (primary N) is 2. The van der Waals surface area contributed by atoms with Crippen LogP contribution in [0.4, 0.5) is 0 Å². The summed E-state index contributed by atoms with van der Waals surface area (Å²) in [6.45, 7) is 8.53. The average molecular weight is 200 g/mol. The lowest BCUT2D eigenvalue weighted by atomic mass is 9.86. The van der Waals surface area contributed by atoms with E-state index in [2.05, 4.69) is 20.8 Å². The molecule has 0 radical (unpaired) electrons. The Morgan fingerprint density at radius 2 is 1.36 bits per heavy atom. The smallest absolute Gasteiger partial charge is 0.00746 e. The van der Waals surface area contributed by atoms with Gasteiger partial charge in [-0.05, 0) is 56.5 Å². The van der Waals surface area contributed by atoms with Gasteiger partial charge in [-0.2, -0.15) is 0 Å². The van der Waals surface area contributed by atoms with Crippen LogP contribution in [0, 0.1) is 17.8 Å². The van der Waals surface area contributed by atoms with Crippen LogP contribution < -0.4 is 11.5 Å². The quantitative estimate of drug-likeness (QED) is 0.632. The summed E-state index contributed by atoms with van der Waals surface area (Å²) in [6, 6.07) is 0. The molecule has 4 N–H and O–H groups in total. The highest BCUT2D eigenvalue weighted by Gasteiger charge is 2.12. The van der Waals surface area contributed by atoms with Gasteiger partial charge in [0.1, 0.15) is 0 Å². The first-order chi connectivity index (χ1) is 6.60. The Kier molecular flexibility index (Phi) is 8.20. The van der Waals surface area contributed by atoms with E-state index in [1.54, 1.807) is 0 Å². The Labute approximate surface area is 89.4 Å². The van der Waals surface area contributed by atoms with Crippen molar-refractivity contribution in [2.45, 2.75) is 46.5 Å². The molecular formula is C12H28N2. The SMILES string of the molecule is CC(C)CC(C)CC(CCN)CCN. The molecule has 0 aliphatic heterocycles. The van der Waals surface area contributed by atoms with E-state index in [4.69, 9.17) is 11.5 Å². The molecular weight excluding hydrogens is 172 g/mol. The highest BCUT2D eigenvalue weighted by molar-refractivity contribution is 4.66. The van der Waals surface area contributed by atoms with Crippen LogP contribution in [0.1, 0.15) is 46.5 Å². The first-order valence-electron chi connectivity index (χ1n) is 6.00. The molecule has 0 heterocycles. The maximum atomic E-state index is 5.60. The summed E-state index contributed by atoms with van der Waals surface area (Å²) in [4.78, 5) is 0. The van der Waals surface area contributed by atoms with Crippen molar-refractivity contribution in [2.75, 3.05) is 13.1 Å². The normalized spacial score (nSPS) is 13.9. The molecule has 0 amide bonds. The maximum Gasteiger partial charge on any atom is -0.00746 e. The zero-order chi connectivity index (χ0) is 11.0. The Morgan fingerprint density at radius 1 is 0.857 bits per heavy atom. The molecule has 0 aromatic carbocycles. The van der Waals surface area contributed by atoms with Gasteiger partial charge in [-0.1, -0.05) is 20.8 Å². The van der Waals surface area contributed by atoms with Crippen molar-refractivity contribution in [3.05, 3.63) is 0 Å². The van der Waals surface area contributed by atoms with E-state index < -0.39 is 0 Å². The molecule has 0 spiro atoms. The summed E-state index contributed by atoms with van der Waals surface area (Å²) < 4.78 is 0. The van der Waals surface area contributed by atoms with Crippen LogP contribution in [0.25, 0.3) is 0 Å². The van der Waals surface area contributed by atoms with E-state index in [9.17, 15) is 0 Å². The second kappa shape index (κ2) is 8.25. The fraction of sp³-hybridized carbons (Fsp3) is 1.00. The van der Waals surface area contributed by atoms with Crippen LogP contribution in [0.3, 0.4) is 0 Å². The molecule has 1 unspecified atom stereocenters. The highest BCUT2D eigenvalue weighted by Crippen LogP contribution is 2.23. The first-order valence-corrected chi connectivity index (χ1v) is 6.00. The molecule has 14 heavy (non-hydrogen) atoms. The van der Waals surface area contributed by atoms with Gasteiger partial charge in [0.25, 0.3) is 0 Å². The van der Waals surface area contributed by atoms with Crippen LogP contribution in [0.5, 0.6) is 0 Å². The maximum absolute atomic E-state index is 5.60. The summed E-state index contributed by atoms with van der Waals surface area (Å²) in [5.74, 6) is 2.37. The van der Waals surface area contributed by atoms with Crippen molar-refractivity contribution in [3.8, 4) is 0 Å². The van der Waals surface area contributed by atoms with Gasteiger partial charge in [-0.15, -0.1) is 0 Å². The Hall–Kier alpha value is -0.0800. The molecule has 0 aromatic heterocycles. The molecule has 86 valence electrons. The third-order valence-electron chi connectivity index (χ3n) is 2.76. The van der Waals surface area contributed by atoms with Crippen molar-refractivity contribution >= 4 is 0 Å². The van der Waals surface area contributed by atoms with E-state index in [-0.39, 0.29) is 0 Å². The average Bonchev–Trinajstić information content (AvgIpc) is 2.03. The zero-order valence-corrected chi connectivity index (χ0v) is 10.1. The first kappa shape index (κ1) is 13.9. The van der Waals surface area contributed by atoms with Gasteiger partial charge in [0, 0.05) is 0 Å². The summed E-state index contributed by atoms with van der Waals surface area (Å²) in [7, 11) is 0. The third kappa shape index (κ3) is 7.34. The molecule has 1 atom stereocenters. The molecule has 0 saturated carbocycles. The molecule has 0 bridgehead atoms. The molecule has 0 fully saturated rings. The van der Waals surface area contributed by atoms with Crippen molar-refractivity contribution in [1.29, 1.82) is 0 Å². The molecule has 0 rings (SSSR count). The molecule has 2 heteroatoms. The van der Waals surface area contributed by atoms with Crippen LogP contribution in [0.2, 0.25) is 0 Å². The largest absolute Gasteiger partial charge is 0.330 e. The van der Waals surface area contributed by atoms with Crippen molar-refractivity contribution in [3.63, 3.8) is 0 Å². The standard InChI is InChI=1S/C12H28N2/c1-10(2)8-11(3)9-12(4-6-13)5-7-14/h10-12H,4-9,13-14H2,1-3H3. The van der Waals surface area contributed by atoms with Crippen molar-refractivity contribution < 1.29 is 0 Å². The van der Waals surface area contributed by atoms with Gasteiger partial charge in [0.05, 0.1) is 0 Å². The summed E-state index contributed by atoms with van der Waals surface area (Å²) in [6.07, 6.45) is 4.90. The van der Waals surface area contributed by atoms with Crippen LogP contribution in [-0.4, -0.2) is 13.1 Å². The molecule has 0 aliphatic carbocycles. The number of hydrogen-bond acceptors (Lipinski definition) is 2. The van der Waals surface area contributed by atoms with Gasteiger partial charge in [0.15, 0.2) is 0 Å². The van der Waals surface area contributed by atoms with Gasteiger partial charge in [-0.25, -0.2) is 0 Å². The lowest BCUT2D eigenvalue weighted by molar-refractivity contribution is 0.319.